The first-order valence-electron chi connectivity index (χ1n) is 7.70. The highest BCUT2D eigenvalue weighted by Gasteiger charge is 2.08. The van der Waals surface area contributed by atoms with Crippen molar-refractivity contribution in [2.75, 3.05) is 11.0 Å². The first-order valence-corrected chi connectivity index (χ1v) is 9.60. The number of anilines is 1. The molecule has 2 N–H and O–H groups in total. The van der Waals surface area contributed by atoms with Crippen molar-refractivity contribution in [3.8, 4) is 5.88 Å². The molecule has 8 heteroatoms. The van der Waals surface area contributed by atoms with Crippen molar-refractivity contribution in [2.45, 2.75) is 26.5 Å². The highest BCUT2D eigenvalue weighted by atomic mass is 32.2. The normalized spacial score (nSPS) is 11.2. The van der Waals surface area contributed by atoms with Gasteiger partial charge in [0.1, 0.15) is 0 Å². The van der Waals surface area contributed by atoms with E-state index in [1.807, 2.05) is 13.8 Å². The minimum atomic E-state index is -3.34. The fraction of sp³-hybridized carbons (Fsp3) is 0.294. The average molecular weight is 363 g/mol. The van der Waals surface area contributed by atoms with Gasteiger partial charge in [-0.3, -0.25) is 9.52 Å². The molecule has 1 amide bonds. The Labute approximate surface area is 147 Å². The fourth-order valence-corrected chi connectivity index (χ4v) is 2.62. The zero-order valence-electron chi connectivity index (χ0n) is 14.3. The number of rotatable bonds is 7. The maximum absolute atomic E-state index is 12.2. The van der Waals surface area contributed by atoms with Crippen molar-refractivity contribution in [1.82, 2.24) is 10.3 Å². The SMILES string of the molecule is CC(C)Oc1ccc(C(=O)NCc2cccc(NS(C)(=O)=O)c2)cn1. The standard InChI is InChI=1S/C17H21N3O4S/c1-12(2)24-16-8-7-14(11-18-16)17(21)19-10-13-5-4-6-15(9-13)20-25(3,22)23/h4-9,11-12,20H,10H2,1-3H3,(H,19,21). The molecular formula is C17H21N3O4S. The molecule has 0 spiro atoms. The Morgan fingerprint density at radius 2 is 2.00 bits per heavy atom. The smallest absolute Gasteiger partial charge is 0.253 e. The second kappa shape index (κ2) is 7.98. The Balaban J connectivity index is 1.96. The van der Waals surface area contributed by atoms with E-state index in [-0.39, 0.29) is 18.6 Å². The summed E-state index contributed by atoms with van der Waals surface area (Å²) >= 11 is 0. The van der Waals surface area contributed by atoms with E-state index < -0.39 is 10.0 Å². The molecule has 0 saturated heterocycles. The number of carbonyl (C=O) groups excluding carboxylic acids is 1. The van der Waals surface area contributed by atoms with Gasteiger partial charge < -0.3 is 10.1 Å². The zero-order chi connectivity index (χ0) is 18.4. The van der Waals surface area contributed by atoms with Gasteiger partial charge in [0, 0.05) is 24.5 Å². The van der Waals surface area contributed by atoms with Crippen molar-refractivity contribution in [1.29, 1.82) is 0 Å². The molecule has 25 heavy (non-hydrogen) atoms. The van der Waals surface area contributed by atoms with Crippen LogP contribution >= 0.6 is 0 Å². The van der Waals surface area contributed by atoms with Crippen LogP contribution in [-0.2, 0) is 16.6 Å². The van der Waals surface area contributed by atoms with Crippen LogP contribution in [0.15, 0.2) is 42.6 Å². The molecule has 2 aromatic rings. The maximum Gasteiger partial charge on any atom is 0.253 e. The number of pyridine rings is 1. The van der Waals surface area contributed by atoms with Crippen molar-refractivity contribution < 1.29 is 17.9 Å². The van der Waals surface area contributed by atoms with Gasteiger partial charge in [0.25, 0.3) is 5.91 Å². The van der Waals surface area contributed by atoms with Gasteiger partial charge in [-0.15, -0.1) is 0 Å². The Hall–Kier alpha value is -2.61. The number of amides is 1. The van der Waals surface area contributed by atoms with E-state index in [2.05, 4.69) is 15.0 Å². The third-order valence-electron chi connectivity index (χ3n) is 3.04. The number of nitrogens with zero attached hydrogens (tertiary/aromatic N) is 1. The van der Waals surface area contributed by atoms with Gasteiger partial charge in [0.2, 0.25) is 15.9 Å². The summed E-state index contributed by atoms with van der Waals surface area (Å²) < 4.78 is 30.3. The van der Waals surface area contributed by atoms with Gasteiger partial charge in [-0.2, -0.15) is 0 Å². The van der Waals surface area contributed by atoms with Crippen LogP contribution in [0.2, 0.25) is 0 Å². The molecule has 1 aromatic heterocycles. The molecular weight excluding hydrogens is 342 g/mol. The van der Waals surface area contributed by atoms with E-state index in [9.17, 15) is 13.2 Å². The van der Waals surface area contributed by atoms with E-state index in [0.29, 0.717) is 17.1 Å². The number of aromatic nitrogens is 1. The van der Waals surface area contributed by atoms with Crippen molar-refractivity contribution in [3.05, 3.63) is 53.7 Å². The Kier molecular flexibility index (Phi) is 5.97. The third kappa shape index (κ3) is 6.42. The first-order chi connectivity index (χ1) is 11.7. The molecule has 0 aliphatic carbocycles. The average Bonchev–Trinajstić information content (AvgIpc) is 2.51. The summed E-state index contributed by atoms with van der Waals surface area (Å²) in [5.41, 5.74) is 1.64. The van der Waals surface area contributed by atoms with E-state index >= 15 is 0 Å². The topological polar surface area (TPSA) is 97.4 Å². The summed E-state index contributed by atoms with van der Waals surface area (Å²) in [4.78, 5) is 16.3. The molecule has 0 unspecified atom stereocenters. The lowest BCUT2D eigenvalue weighted by Crippen LogP contribution is -2.23. The van der Waals surface area contributed by atoms with Crippen molar-refractivity contribution >= 4 is 21.6 Å². The number of ether oxygens (including phenoxy) is 1. The number of sulfonamides is 1. The highest BCUT2D eigenvalue weighted by molar-refractivity contribution is 7.92. The molecule has 0 saturated carbocycles. The monoisotopic (exact) mass is 363 g/mol. The molecule has 0 fully saturated rings. The summed E-state index contributed by atoms with van der Waals surface area (Å²) in [5, 5.41) is 2.77. The van der Waals surface area contributed by atoms with Crippen LogP contribution in [0.3, 0.4) is 0 Å². The molecule has 0 aliphatic rings. The van der Waals surface area contributed by atoms with Gasteiger partial charge in [-0.05, 0) is 37.6 Å². The molecule has 0 bridgehead atoms. The lowest BCUT2D eigenvalue weighted by atomic mass is 10.2. The fourth-order valence-electron chi connectivity index (χ4n) is 2.07. The minimum absolute atomic E-state index is 0.0139. The first kappa shape index (κ1) is 18.7. The largest absolute Gasteiger partial charge is 0.475 e. The van der Waals surface area contributed by atoms with Crippen LogP contribution in [-0.4, -0.2) is 31.7 Å². The number of carbonyl (C=O) groups is 1. The van der Waals surface area contributed by atoms with Crippen molar-refractivity contribution in [3.63, 3.8) is 0 Å². The molecule has 2 rings (SSSR count). The Morgan fingerprint density at radius 3 is 2.60 bits per heavy atom. The third-order valence-corrected chi connectivity index (χ3v) is 3.64. The van der Waals surface area contributed by atoms with Gasteiger partial charge in [0.15, 0.2) is 0 Å². The van der Waals surface area contributed by atoms with Crippen LogP contribution in [0.4, 0.5) is 5.69 Å². The van der Waals surface area contributed by atoms with Gasteiger partial charge >= 0.3 is 0 Å². The van der Waals surface area contributed by atoms with E-state index in [0.717, 1.165) is 11.8 Å². The molecule has 1 heterocycles. The second-order valence-corrected chi connectivity index (χ2v) is 7.56. The maximum atomic E-state index is 12.2. The quantitative estimate of drug-likeness (QED) is 0.786. The second-order valence-electron chi connectivity index (χ2n) is 5.81. The molecule has 7 nitrogen and oxygen atoms in total. The van der Waals surface area contributed by atoms with Crippen LogP contribution < -0.4 is 14.8 Å². The molecule has 134 valence electrons. The lowest BCUT2D eigenvalue weighted by Gasteiger charge is -2.10. The van der Waals surface area contributed by atoms with E-state index in [4.69, 9.17) is 4.74 Å². The molecule has 0 atom stereocenters. The predicted octanol–water partition coefficient (Wildman–Crippen LogP) is 2.17. The summed E-state index contributed by atoms with van der Waals surface area (Å²) in [5.74, 6) is 0.191. The summed E-state index contributed by atoms with van der Waals surface area (Å²) in [7, 11) is -3.34. The number of hydrogen-bond donors (Lipinski definition) is 2. The summed E-state index contributed by atoms with van der Waals surface area (Å²) in [6, 6.07) is 10.1. The molecule has 0 radical (unpaired) electrons. The van der Waals surface area contributed by atoms with Gasteiger partial charge in [0.05, 0.1) is 17.9 Å². The van der Waals surface area contributed by atoms with Crippen LogP contribution in [0.1, 0.15) is 29.8 Å². The van der Waals surface area contributed by atoms with Crippen LogP contribution in [0.25, 0.3) is 0 Å². The van der Waals surface area contributed by atoms with Gasteiger partial charge in [-0.25, -0.2) is 13.4 Å². The summed E-state index contributed by atoms with van der Waals surface area (Å²) in [6.45, 7) is 4.06. The zero-order valence-corrected chi connectivity index (χ0v) is 15.1. The predicted molar refractivity (Wildman–Crippen MR) is 96.1 cm³/mol. The highest BCUT2D eigenvalue weighted by Crippen LogP contribution is 2.13. The number of hydrogen-bond acceptors (Lipinski definition) is 5. The minimum Gasteiger partial charge on any atom is -0.475 e. The van der Waals surface area contributed by atoms with Crippen molar-refractivity contribution in [2.24, 2.45) is 0 Å². The lowest BCUT2D eigenvalue weighted by molar-refractivity contribution is 0.0950. The summed E-state index contributed by atoms with van der Waals surface area (Å²) in [6.07, 6.45) is 2.55. The molecule has 0 aliphatic heterocycles. The van der Waals surface area contributed by atoms with Crippen LogP contribution in [0.5, 0.6) is 5.88 Å². The number of benzene rings is 1. The Morgan fingerprint density at radius 1 is 1.24 bits per heavy atom. The van der Waals surface area contributed by atoms with E-state index in [1.54, 1.807) is 36.4 Å². The number of nitrogens with one attached hydrogen (secondary N) is 2. The van der Waals surface area contributed by atoms with Crippen LogP contribution in [0, 0.1) is 0 Å². The molecule has 1 aromatic carbocycles. The van der Waals surface area contributed by atoms with Gasteiger partial charge in [-0.1, -0.05) is 12.1 Å². The van der Waals surface area contributed by atoms with E-state index in [1.165, 1.54) is 6.20 Å². The Bertz CT molecular complexity index is 833.